The highest BCUT2D eigenvalue weighted by Crippen LogP contribution is 2.72. The SMILES string of the molecule is CC(C)=CCC(O[Si](C)(C)C(C)(C)C)[C@@H](C)[C@H]1CC[C@@]2(C)C3=C(CC[C@]12C)[C@@]1(C)CCC(=O)C(C)(C)C1CC3. The summed E-state index contributed by atoms with van der Waals surface area (Å²) in [5.74, 6) is 2.23. The molecule has 4 aliphatic rings. The summed E-state index contributed by atoms with van der Waals surface area (Å²) in [6, 6.07) is 0. The quantitative estimate of drug-likeness (QED) is 0.241. The Hall–Kier alpha value is -0.673. The number of ketones is 1. The number of fused-ring (bicyclic) bond motifs is 4. The van der Waals surface area contributed by atoms with Gasteiger partial charge in [0.05, 0.1) is 6.10 Å². The maximum atomic E-state index is 13.0. The van der Waals surface area contributed by atoms with E-state index < -0.39 is 8.32 Å². The first-order valence-electron chi connectivity index (χ1n) is 16.3. The van der Waals surface area contributed by atoms with Gasteiger partial charge in [-0.2, -0.15) is 0 Å². The summed E-state index contributed by atoms with van der Waals surface area (Å²) < 4.78 is 7.26. The van der Waals surface area contributed by atoms with Crippen LogP contribution in [0.25, 0.3) is 0 Å². The fraction of sp³-hybridized carbons (Fsp3) is 0.861. The van der Waals surface area contributed by atoms with Crippen molar-refractivity contribution in [3.8, 4) is 0 Å². The van der Waals surface area contributed by atoms with Gasteiger partial charge >= 0.3 is 0 Å². The minimum atomic E-state index is -1.88. The second-order valence-electron chi connectivity index (χ2n) is 17.3. The van der Waals surface area contributed by atoms with Crippen molar-refractivity contribution >= 4 is 14.1 Å². The number of rotatable bonds is 6. The first-order valence-corrected chi connectivity index (χ1v) is 19.2. The van der Waals surface area contributed by atoms with Crippen LogP contribution in [-0.4, -0.2) is 20.2 Å². The molecule has 0 aliphatic heterocycles. The van der Waals surface area contributed by atoms with Crippen LogP contribution >= 0.6 is 0 Å². The van der Waals surface area contributed by atoms with Crippen LogP contribution in [0.4, 0.5) is 0 Å². The second-order valence-corrected chi connectivity index (χ2v) is 22.1. The van der Waals surface area contributed by atoms with Crippen molar-refractivity contribution in [3.05, 3.63) is 22.8 Å². The van der Waals surface area contributed by atoms with E-state index in [0.29, 0.717) is 35.1 Å². The molecule has 2 fully saturated rings. The summed E-state index contributed by atoms with van der Waals surface area (Å²) in [5.41, 5.74) is 5.62. The van der Waals surface area contributed by atoms with Crippen molar-refractivity contribution in [2.75, 3.05) is 0 Å². The molecule has 2 nitrogen and oxygen atoms in total. The van der Waals surface area contributed by atoms with Gasteiger partial charge in [-0.25, -0.2) is 0 Å². The standard InChI is InChI=1S/C36H62O2Si/c1-24(2)14-16-29(38-39(12,13)32(4,5)6)25(3)26-18-22-36(11)28-15-17-30-33(7,8)31(37)20-21-34(30,9)27(28)19-23-35(26,36)10/h14,25-26,29-30H,15-23H2,1-13H3/t25-,26+,29?,30?,34+,35+,36-/m0/s1. The first-order chi connectivity index (χ1) is 17.7. The smallest absolute Gasteiger partial charge is 0.192 e. The highest BCUT2D eigenvalue weighted by molar-refractivity contribution is 6.74. The maximum absolute atomic E-state index is 13.0. The van der Waals surface area contributed by atoms with Crippen LogP contribution in [0.15, 0.2) is 22.8 Å². The number of carbonyl (C=O) groups is 1. The number of hydrogen-bond donors (Lipinski definition) is 0. The van der Waals surface area contributed by atoms with Gasteiger partial charge in [0.2, 0.25) is 0 Å². The molecule has 0 aromatic heterocycles. The molecule has 4 aliphatic carbocycles. The van der Waals surface area contributed by atoms with Crippen LogP contribution in [0, 0.1) is 39.4 Å². The van der Waals surface area contributed by atoms with Gasteiger partial charge in [-0.05, 0) is 117 Å². The molecule has 2 saturated carbocycles. The normalized spacial score (nSPS) is 38.0. The number of Topliss-reactive ketones (excluding diaryl/α,β-unsaturated/α-hetero) is 1. The van der Waals surface area contributed by atoms with Crippen molar-refractivity contribution in [2.24, 2.45) is 39.4 Å². The Morgan fingerprint density at radius 2 is 1.62 bits per heavy atom. The second kappa shape index (κ2) is 9.96. The minimum Gasteiger partial charge on any atom is -0.413 e. The molecule has 0 N–H and O–H groups in total. The topological polar surface area (TPSA) is 26.3 Å². The molecular weight excluding hydrogens is 492 g/mol. The Labute approximate surface area is 243 Å². The van der Waals surface area contributed by atoms with E-state index in [1.807, 2.05) is 5.57 Å². The Kier molecular flexibility index (Phi) is 7.98. The van der Waals surface area contributed by atoms with Crippen LogP contribution in [0.1, 0.15) is 134 Å². The predicted octanol–water partition coefficient (Wildman–Crippen LogP) is 10.7. The van der Waals surface area contributed by atoms with Crippen LogP contribution < -0.4 is 0 Å². The molecule has 0 amide bonds. The third kappa shape index (κ3) is 4.82. The van der Waals surface area contributed by atoms with E-state index in [4.69, 9.17) is 4.43 Å². The highest BCUT2D eigenvalue weighted by Gasteiger charge is 2.64. The summed E-state index contributed by atoms with van der Waals surface area (Å²) in [5, 5.41) is 0.220. The van der Waals surface area contributed by atoms with Crippen LogP contribution in [0.2, 0.25) is 18.1 Å². The average Bonchev–Trinajstić information content (AvgIpc) is 3.09. The lowest BCUT2D eigenvalue weighted by Gasteiger charge is -2.61. The highest BCUT2D eigenvalue weighted by atomic mass is 28.4. The fourth-order valence-corrected chi connectivity index (χ4v) is 11.3. The molecule has 0 saturated heterocycles. The van der Waals surface area contributed by atoms with E-state index in [0.717, 1.165) is 19.3 Å². The van der Waals surface area contributed by atoms with Gasteiger partial charge in [0.15, 0.2) is 8.32 Å². The number of hydrogen-bond acceptors (Lipinski definition) is 2. The van der Waals surface area contributed by atoms with Crippen molar-refractivity contribution in [3.63, 3.8) is 0 Å². The molecule has 222 valence electrons. The molecule has 0 aromatic rings. The van der Waals surface area contributed by atoms with Gasteiger partial charge in [-0.15, -0.1) is 0 Å². The van der Waals surface area contributed by atoms with Crippen molar-refractivity contribution < 1.29 is 9.22 Å². The van der Waals surface area contributed by atoms with Gasteiger partial charge in [-0.1, -0.05) is 85.1 Å². The molecule has 0 heterocycles. The monoisotopic (exact) mass is 554 g/mol. The molecule has 7 atom stereocenters. The molecule has 4 rings (SSSR count). The summed E-state index contributed by atoms with van der Waals surface area (Å²) in [4.78, 5) is 13.0. The van der Waals surface area contributed by atoms with E-state index in [-0.39, 0.29) is 21.3 Å². The number of allylic oxidation sites excluding steroid dienone is 3. The van der Waals surface area contributed by atoms with Gasteiger partial charge in [-0.3, -0.25) is 4.79 Å². The Morgan fingerprint density at radius 1 is 0.974 bits per heavy atom. The molecule has 3 heteroatoms. The average molecular weight is 555 g/mol. The lowest BCUT2D eigenvalue weighted by molar-refractivity contribution is -0.139. The zero-order valence-corrected chi connectivity index (χ0v) is 29.1. The molecule has 0 bridgehead atoms. The van der Waals surface area contributed by atoms with Gasteiger partial charge in [0.25, 0.3) is 0 Å². The fourth-order valence-electron chi connectivity index (χ4n) is 9.91. The van der Waals surface area contributed by atoms with Crippen molar-refractivity contribution in [2.45, 2.75) is 158 Å². The van der Waals surface area contributed by atoms with E-state index in [2.05, 4.69) is 95.3 Å². The molecule has 0 aromatic carbocycles. The van der Waals surface area contributed by atoms with Crippen molar-refractivity contribution in [1.29, 1.82) is 0 Å². The molecule has 0 spiro atoms. The van der Waals surface area contributed by atoms with Crippen LogP contribution in [0.5, 0.6) is 0 Å². The Morgan fingerprint density at radius 3 is 2.21 bits per heavy atom. The lowest BCUT2D eigenvalue weighted by atomic mass is 9.43. The molecule has 39 heavy (non-hydrogen) atoms. The van der Waals surface area contributed by atoms with E-state index >= 15 is 0 Å². The molecular formula is C36H62O2Si. The predicted molar refractivity (Wildman–Crippen MR) is 169 cm³/mol. The minimum absolute atomic E-state index is 0.181. The summed E-state index contributed by atoms with van der Waals surface area (Å²) >= 11 is 0. The lowest BCUT2D eigenvalue weighted by Crippen LogP contribution is -2.54. The van der Waals surface area contributed by atoms with Gasteiger partial charge in [0.1, 0.15) is 5.78 Å². The zero-order chi connectivity index (χ0) is 29.4. The summed E-state index contributed by atoms with van der Waals surface area (Å²) in [6.45, 7) is 31.4. The van der Waals surface area contributed by atoms with Crippen LogP contribution in [-0.2, 0) is 9.22 Å². The van der Waals surface area contributed by atoms with E-state index in [9.17, 15) is 4.79 Å². The Balaban J connectivity index is 1.68. The third-order valence-electron chi connectivity index (χ3n) is 13.8. The van der Waals surface area contributed by atoms with Gasteiger partial charge < -0.3 is 4.43 Å². The summed E-state index contributed by atoms with van der Waals surface area (Å²) in [7, 11) is -1.88. The van der Waals surface area contributed by atoms with E-state index in [1.165, 1.54) is 44.1 Å². The van der Waals surface area contributed by atoms with Crippen LogP contribution in [0.3, 0.4) is 0 Å². The number of carbonyl (C=O) groups excluding carboxylic acids is 1. The maximum Gasteiger partial charge on any atom is 0.192 e. The first kappa shape index (κ1) is 31.3. The largest absolute Gasteiger partial charge is 0.413 e. The van der Waals surface area contributed by atoms with Gasteiger partial charge in [0, 0.05) is 11.8 Å². The van der Waals surface area contributed by atoms with Crippen molar-refractivity contribution in [1.82, 2.24) is 0 Å². The summed E-state index contributed by atoms with van der Waals surface area (Å²) in [6.07, 6.45) is 13.2. The zero-order valence-electron chi connectivity index (χ0n) is 28.1. The third-order valence-corrected chi connectivity index (χ3v) is 18.3. The van der Waals surface area contributed by atoms with E-state index in [1.54, 1.807) is 5.57 Å². The Bertz CT molecular complexity index is 1040. The molecule has 2 unspecified atom stereocenters. The molecule has 0 radical (unpaired) electrons.